The van der Waals surface area contributed by atoms with Gasteiger partial charge in [-0.15, -0.1) is 0 Å². The van der Waals surface area contributed by atoms with E-state index < -0.39 is 0 Å². The van der Waals surface area contributed by atoms with Gasteiger partial charge in [0.2, 0.25) is 0 Å². The Hall–Kier alpha value is -2.23. The van der Waals surface area contributed by atoms with Crippen LogP contribution in [0.3, 0.4) is 0 Å². The van der Waals surface area contributed by atoms with E-state index in [1.54, 1.807) is 49.6 Å². The highest BCUT2D eigenvalue weighted by Crippen LogP contribution is 2.18. The first kappa shape index (κ1) is 10.3. The molecule has 82 valence electrons. The molecule has 16 heavy (non-hydrogen) atoms. The predicted octanol–water partition coefficient (Wildman–Crippen LogP) is 2.00. The van der Waals surface area contributed by atoms with Crippen LogP contribution < -0.4 is 4.90 Å². The molecule has 0 aliphatic rings. The molecule has 0 atom stereocenters. The van der Waals surface area contributed by atoms with Crippen molar-refractivity contribution in [2.45, 2.75) is 0 Å². The highest BCUT2D eigenvalue weighted by Gasteiger charge is 2.13. The summed E-state index contributed by atoms with van der Waals surface area (Å²) in [5.74, 6) is 0.0696. The lowest BCUT2D eigenvalue weighted by Crippen LogP contribution is -2.26. The van der Waals surface area contributed by atoms with Crippen molar-refractivity contribution >= 4 is 11.6 Å². The van der Waals surface area contributed by atoms with E-state index in [4.69, 9.17) is 5.11 Å². The fourth-order valence-electron chi connectivity index (χ4n) is 1.44. The Morgan fingerprint density at radius 2 is 1.94 bits per heavy atom. The molecule has 1 heterocycles. The van der Waals surface area contributed by atoms with Crippen LogP contribution in [-0.2, 0) is 0 Å². The zero-order valence-corrected chi connectivity index (χ0v) is 8.84. The molecule has 1 amide bonds. The number of amides is 1. The minimum absolute atomic E-state index is 0.115. The highest BCUT2D eigenvalue weighted by molar-refractivity contribution is 6.04. The zero-order valence-electron chi connectivity index (χ0n) is 8.84. The molecule has 2 rings (SSSR count). The molecule has 2 aromatic rings. The fraction of sp³-hybridized carbons (Fsp3) is 0.0833. The van der Waals surface area contributed by atoms with Crippen molar-refractivity contribution in [2.24, 2.45) is 0 Å². The second-order valence-corrected chi connectivity index (χ2v) is 3.46. The summed E-state index contributed by atoms with van der Waals surface area (Å²) in [6.45, 7) is 0. The third kappa shape index (κ3) is 1.91. The SMILES string of the molecule is CN(C(=O)c1ccc[nH]1)c1ccc(O)cc1. The number of anilines is 1. The molecule has 1 aromatic heterocycles. The van der Waals surface area contributed by atoms with E-state index in [-0.39, 0.29) is 11.7 Å². The molecular weight excluding hydrogens is 204 g/mol. The topological polar surface area (TPSA) is 56.3 Å². The number of benzene rings is 1. The molecule has 1 aromatic carbocycles. The summed E-state index contributed by atoms with van der Waals surface area (Å²) in [6, 6.07) is 9.98. The molecule has 0 radical (unpaired) electrons. The van der Waals surface area contributed by atoms with E-state index in [2.05, 4.69) is 4.98 Å². The lowest BCUT2D eigenvalue weighted by atomic mass is 10.2. The Labute approximate surface area is 93.1 Å². The Morgan fingerprint density at radius 1 is 1.25 bits per heavy atom. The van der Waals surface area contributed by atoms with Gasteiger partial charge in [0.05, 0.1) is 0 Å². The van der Waals surface area contributed by atoms with E-state index in [1.165, 1.54) is 4.90 Å². The van der Waals surface area contributed by atoms with Crippen molar-refractivity contribution in [3.05, 3.63) is 48.3 Å². The summed E-state index contributed by atoms with van der Waals surface area (Å²) < 4.78 is 0. The Morgan fingerprint density at radius 3 is 2.50 bits per heavy atom. The van der Waals surface area contributed by atoms with Crippen molar-refractivity contribution in [3.8, 4) is 5.75 Å². The molecule has 0 unspecified atom stereocenters. The largest absolute Gasteiger partial charge is 0.508 e. The number of aromatic nitrogens is 1. The van der Waals surface area contributed by atoms with Gasteiger partial charge in [-0.25, -0.2) is 0 Å². The average molecular weight is 216 g/mol. The van der Waals surface area contributed by atoms with Gasteiger partial charge in [-0.3, -0.25) is 4.79 Å². The van der Waals surface area contributed by atoms with Gasteiger partial charge >= 0.3 is 0 Å². The third-order valence-corrected chi connectivity index (χ3v) is 2.37. The average Bonchev–Trinajstić information content (AvgIpc) is 2.81. The van der Waals surface area contributed by atoms with Crippen LogP contribution in [0.2, 0.25) is 0 Å². The molecule has 4 nitrogen and oxygen atoms in total. The smallest absolute Gasteiger partial charge is 0.274 e. The summed E-state index contributed by atoms with van der Waals surface area (Å²) in [4.78, 5) is 16.3. The van der Waals surface area contributed by atoms with Crippen LogP contribution in [0.15, 0.2) is 42.6 Å². The van der Waals surface area contributed by atoms with Crippen LogP contribution in [0.25, 0.3) is 0 Å². The summed E-state index contributed by atoms with van der Waals surface area (Å²) in [5, 5.41) is 9.15. The monoisotopic (exact) mass is 216 g/mol. The van der Waals surface area contributed by atoms with Gasteiger partial charge in [0.25, 0.3) is 5.91 Å². The van der Waals surface area contributed by atoms with Crippen LogP contribution in [0.5, 0.6) is 5.75 Å². The van der Waals surface area contributed by atoms with Crippen LogP contribution in [0.4, 0.5) is 5.69 Å². The number of hydrogen-bond donors (Lipinski definition) is 2. The molecule has 0 aliphatic carbocycles. The molecule has 4 heteroatoms. The van der Waals surface area contributed by atoms with Gasteiger partial charge < -0.3 is 15.0 Å². The number of hydrogen-bond acceptors (Lipinski definition) is 2. The first-order valence-corrected chi connectivity index (χ1v) is 4.89. The predicted molar refractivity (Wildman–Crippen MR) is 61.6 cm³/mol. The number of phenols is 1. The Balaban J connectivity index is 2.22. The number of nitrogens with one attached hydrogen (secondary N) is 1. The summed E-state index contributed by atoms with van der Waals surface area (Å²) in [5.41, 5.74) is 1.27. The van der Waals surface area contributed by atoms with Crippen molar-refractivity contribution in [1.82, 2.24) is 4.98 Å². The van der Waals surface area contributed by atoms with Crippen LogP contribution in [-0.4, -0.2) is 23.0 Å². The molecule has 2 N–H and O–H groups in total. The van der Waals surface area contributed by atoms with Gasteiger partial charge in [-0.05, 0) is 36.4 Å². The van der Waals surface area contributed by atoms with E-state index in [1.807, 2.05) is 0 Å². The van der Waals surface area contributed by atoms with E-state index in [0.29, 0.717) is 5.69 Å². The van der Waals surface area contributed by atoms with Gasteiger partial charge in [-0.1, -0.05) is 0 Å². The minimum Gasteiger partial charge on any atom is -0.508 e. The maximum absolute atomic E-state index is 11.9. The number of phenolic OH excluding ortho intramolecular Hbond substituents is 1. The second-order valence-electron chi connectivity index (χ2n) is 3.46. The zero-order chi connectivity index (χ0) is 11.5. The fourth-order valence-corrected chi connectivity index (χ4v) is 1.44. The second kappa shape index (κ2) is 4.10. The van der Waals surface area contributed by atoms with Gasteiger partial charge in [0.1, 0.15) is 11.4 Å². The highest BCUT2D eigenvalue weighted by atomic mass is 16.3. The first-order chi connectivity index (χ1) is 7.68. The van der Waals surface area contributed by atoms with Crippen LogP contribution in [0, 0.1) is 0 Å². The molecule has 0 fully saturated rings. The normalized spacial score (nSPS) is 10.1. The molecular formula is C12H12N2O2. The number of aromatic amines is 1. The standard InChI is InChI=1S/C12H12N2O2/c1-14(9-4-6-10(15)7-5-9)12(16)11-3-2-8-13-11/h2-8,13,15H,1H3. The van der Waals surface area contributed by atoms with Crippen molar-refractivity contribution < 1.29 is 9.90 Å². The molecule has 0 saturated heterocycles. The minimum atomic E-state index is -0.115. The molecule has 0 saturated carbocycles. The number of carbonyl (C=O) groups excluding carboxylic acids is 1. The number of aromatic hydroxyl groups is 1. The number of H-pyrrole nitrogens is 1. The Bertz CT molecular complexity index is 474. The summed E-state index contributed by atoms with van der Waals surface area (Å²) >= 11 is 0. The van der Waals surface area contributed by atoms with Crippen molar-refractivity contribution in [2.75, 3.05) is 11.9 Å². The summed E-state index contributed by atoms with van der Waals surface area (Å²) in [6.07, 6.45) is 1.71. The van der Waals surface area contributed by atoms with Gasteiger partial charge in [0.15, 0.2) is 0 Å². The maximum Gasteiger partial charge on any atom is 0.274 e. The molecule has 0 spiro atoms. The van der Waals surface area contributed by atoms with E-state index in [0.717, 1.165) is 5.69 Å². The molecule has 0 bridgehead atoms. The lowest BCUT2D eigenvalue weighted by Gasteiger charge is -2.16. The lowest BCUT2D eigenvalue weighted by molar-refractivity contribution is 0.0989. The van der Waals surface area contributed by atoms with E-state index >= 15 is 0 Å². The number of nitrogens with zero attached hydrogens (tertiary/aromatic N) is 1. The van der Waals surface area contributed by atoms with Gasteiger partial charge in [-0.2, -0.15) is 0 Å². The first-order valence-electron chi connectivity index (χ1n) is 4.89. The Kier molecular flexibility index (Phi) is 2.64. The van der Waals surface area contributed by atoms with Crippen molar-refractivity contribution in [3.63, 3.8) is 0 Å². The maximum atomic E-state index is 11.9. The quantitative estimate of drug-likeness (QED) is 0.806. The van der Waals surface area contributed by atoms with Crippen molar-refractivity contribution in [1.29, 1.82) is 0 Å². The van der Waals surface area contributed by atoms with Crippen LogP contribution in [0.1, 0.15) is 10.5 Å². The van der Waals surface area contributed by atoms with Gasteiger partial charge in [0, 0.05) is 18.9 Å². The number of carbonyl (C=O) groups is 1. The summed E-state index contributed by atoms with van der Waals surface area (Å²) in [7, 11) is 1.69. The van der Waals surface area contributed by atoms with Crippen LogP contribution >= 0.6 is 0 Å². The number of rotatable bonds is 2. The third-order valence-electron chi connectivity index (χ3n) is 2.37. The molecule has 0 aliphatic heterocycles. The van der Waals surface area contributed by atoms with E-state index in [9.17, 15) is 4.79 Å².